The Bertz CT molecular complexity index is 1070. The highest BCUT2D eigenvalue weighted by molar-refractivity contribution is 7.99. The summed E-state index contributed by atoms with van der Waals surface area (Å²) >= 11 is 13.3. The van der Waals surface area contributed by atoms with Crippen LogP contribution in [-0.2, 0) is 4.79 Å². The highest BCUT2D eigenvalue weighted by Gasteiger charge is 2.22. The Kier molecular flexibility index (Phi) is 8.28. The molecule has 170 valence electrons. The van der Waals surface area contributed by atoms with Crippen LogP contribution in [0.3, 0.4) is 0 Å². The first-order chi connectivity index (χ1) is 15.3. The third-order valence-electron chi connectivity index (χ3n) is 4.48. The van der Waals surface area contributed by atoms with Gasteiger partial charge in [-0.3, -0.25) is 4.79 Å². The van der Waals surface area contributed by atoms with Crippen molar-refractivity contribution in [3.05, 3.63) is 58.3 Å². The number of carbonyl (C=O) groups excluding carboxylic acids is 1. The van der Waals surface area contributed by atoms with Crippen LogP contribution in [0.25, 0.3) is 0 Å². The minimum Gasteiger partial charge on any atom is -0.497 e. The van der Waals surface area contributed by atoms with E-state index in [2.05, 4.69) is 15.5 Å². The molecule has 0 aliphatic rings. The average Bonchev–Trinajstić information content (AvgIpc) is 3.19. The molecule has 2 aromatic carbocycles. The largest absolute Gasteiger partial charge is 0.497 e. The van der Waals surface area contributed by atoms with Gasteiger partial charge in [0.1, 0.15) is 11.5 Å². The fourth-order valence-electron chi connectivity index (χ4n) is 2.97. The Morgan fingerprint density at radius 2 is 1.78 bits per heavy atom. The van der Waals surface area contributed by atoms with Gasteiger partial charge in [0, 0.05) is 11.1 Å². The smallest absolute Gasteiger partial charge is 0.234 e. The number of hydrogen-bond donors (Lipinski definition) is 1. The fraction of sp³-hybridized carbons (Fsp3) is 0.318. The molecule has 1 aromatic heterocycles. The Balaban J connectivity index is 1.67. The molecular formula is C22H24Cl2N4O3S. The summed E-state index contributed by atoms with van der Waals surface area (Å²) in [6, 6.07) is 12.4. The Morgan fingerprint density at radius 3 is 2.41 bits per heavy atom. The quantitative estimate of drug-likeness (QED) is 0.365. The maximum atomic E-state index is 12.4. The van der Waals surface area contributed by atoms with E-state index in [0.717, 1.165) is 5.75 Å². The van der Waals surface area contributed by atoms with Crippen molar-refractivity contribution in [3.8, 4) is 11.5 Å². The van der Waals surface area contributed by atoms with Gasteiger partial charge in [-0.2, -0.15) is 0 Å². The second-order valence-corrected chi connectivity index (χ2v) is 8.99. The maximum Gasteiger partial charge on any atom is 0.234 e. The SMILES string of the molecule is COc1ccc(OC(C)c2nnc(SCC(=O)Nc3ccc(Cl)cc3Cl)n2C(C)C)cc1. The lowest BCUT2D eigenvalue weighted by molar-refractivity contribution is -0.113. The molecule has 0 aliphatic carbocycles. The number of rotatable bonds is 9. The van der Waals surface area contributed by atoms with Crippen molar-refractivity contribution >= 4 is 46.6 Å². The third-order valence-corrected chi connectivity index (χ3v) is 5.97. The summed E-state index contributed by atoms with van der Waals surface area (Å²) in [4.78, 5) is 12.4. The minimum absolute atomic E-state index is 0.0817. The molecule has 1 amide bonds. The van der Waals surface area contributed by atoms with Gasteiger partial charge >= 0.3 is 0 Å². The lowest BCUT2D eigenvalue weighted by atomic mass is 10.3. The summed E-state index contributed by atoms with van der Waals surface area (Å²) in [6.07, 6.45) is -0.339. The first-order valence-electron chi connectivity index (χ1n) is 9.91. The number of benzene rings is 2. The van der Waals surface area contributed by atoms with E-state index in [0.29, 0.717) is 32.5 Å². The summed E-state index contributed by atoms with van der Waals surface area (Å²) in [6.45, 7) is 5.98. The topological polar surface area (TPSA) is 78.3 Å². The first-order valence-corrected chi connectivity index (χ1v) is 11.7. The molecule has 0 saturated heterocycles. The highest BCUT2D eigenvalue weighted by Crippen LogP contribution is 2.29. The molecule has 1 N–H and O–H groups in total. The molecule has 10 heteroatoms. The van der Waals surface area contributed by atoms with Crippen molar-refractivity contribution in [2.24, 2.45) is 0 Å². The summed E-state index contributed by atoms with van der Waals surface area (Å²) in [5, 5.41) is 12.9. The molecule has 0 saturated carbocycles. The van der Waals surface area contributed by atoms with Crippen LogP contribution < -0.4 is 14.8 Å². The van der Waals surface area contributed by atoms with Crippen LogP contribution in [0.5, 0.6) is 11.5 Å². The van der Waals surface area contributed by atoms with Gasteiger partial charge in [-0.1, -0.05) is 35.0 Å². The van der Waals surface area contributed by atoms with Gasteiger partial charge in [0.15, 0.2) is 17.1 Å². The monoisotopic (exact) mass is 494 g/mol. The lowest BCUT2D eigenvalue weighted by Crippen LogP contribution is -2.16. The van der Waals surface area contributed by atoms with Crippen LogP contribution in [0.15, 0.2) is 47.6 Å². The number of carbonyl (C=O) groups is 1. The third kappa shape index (κ3) is 6.09. The second kappa shape index (κ2) is 10.9. The number of aromatic nitrogens is 3. The number of halogens is 2. The zero-order chi connectivity index (χ0) is 23.3. The number of ether oxygens (including phenoxy) is 2. The van der Waals surface area contributed by atoms with Gasteiger partial charge in [0.2, 0.25) is 5.91 Å². The Labute approximate surface area is 201 Å². The van der Waals surface area contributed by atoms with Gasteiger partial charge in [-0.15, -0.1) is 10.2 Å². The van der Waals surface area contributed by atoms with Crippen LogP contribution >= 0.6 is 35.0 Å². The van der Waals surface area contributed by atoms with E-state index >= 15 is 0 Å². The van der Waals surface area contributed by atoms with E-state index in [1.54, 1.807) is 25.3 Å². The molecule has 0 aliphatic heterocycles. The van der Waals surface area contributed by atoms with Crippen molar-refractivity contribution in [3.63, 3.8) is 0 Å². The number of hydrogen-bond acceptors (Lipinski definition) is 6. The minimum atomic E-state index is -0.339. The van der Waals surface area contributed by atoms with E-state index in [9.17, 15) is 4.79 Å². The highest BCUT2D eigenvalue weighted by atomic mass is 35.5. The average molecular weight is 495 g/mol. The fourth-order valence-corrected chi connectivity index (χ4v) is 4.30. The van der Waals surface area contributed by atoms with Gasteiger partial charge in [0.25, 0.3) is 0 Å². The number of anilines is 1. The summed E-state index contributed by atoms with van der Waals surface area (Å²) in [5.74, 6) is 2.08. The molecule has 32 heavy (non-hydrogen) atoms. The molecule has 1 atom stereocenters. The number of methoxy groups -OCH3 is 1. The second-order valence-electron chi connectivity index (χ2n) is 7.20. The number of nitrogens with one attached hydrogen (secondary N) is 1. The van der Waals surface area contributed by atoms with Crippen molar-refractivity contribution in [2.75, 3.05) is 18.2 Å². The number of amides is 1. The van der Waals surface area contributed by atoms with E-state index in [1.807, 2.05) is 49.6 Å². The predicted octanol–water partition coefficient (Wildman–Crippen LogP) is 6.05. The Morgan fingerprint density at radius 1 is 1.09 bits per heavy atom. The van der Waals surface area contributed by atoms with Crippen LogP contribution in [0.2, 0.25) is 10.0 Å². The summed E-state index contributed by atoms with van der Waals surface area (Å²) < 4.78 is 13.2. The summed E-state index contributed by atoms with van der Waals surface area (Å²) in [7, 11) is 1.62. The van der Waals surface area contributed by atoms with Crippen molar-refractivity contribution in [1.29, 1.82) is 0 Å². The van der Waals surface area contributed by atoms with E-state index in [1.165, 1.54) is 11.8 Å². The van der Waals surface area contributed by atoms with E-state index < -0.39 is 0 Å². The summed E-state index contributed by atoms with van der Waals surface area (Å²) in [5.41, 5.74) is 0.509. The molecule has 7 nitrogen and oxygen atoms in total. The first kappa shape index (κ1) is 24.2. The van der Waals surface area contributed by atoms with Crippen LogP contribution in [0.4, 0.5) is 5.69 Å². The Hall–Kier alpha value is -2.42. The molecule has 3 rings (SSSR count). The molecule has 0 spiro atoms. The van der Waals surface area contributed by atoms with Crippen molar-refractivity contribution < 1.29 is 14.3 Å². The zero-order valence-electron chi connectivity index (χ0n) is 18.1. The van der Waals surface area contributed by atoms with Crippen LogP contribution in [-0.4, -0.2) is 33.5 Å². The molecule has 1 unspecified atom stereocenters. The normalized spacial score (nSPS) is 12.0. The van der Waals surface area contributed by atoms with Crippen molar-refractivity contribution in [2.45, 2.75) is 38.1 Å². The van der Waals surface area contributed by atoms with Gasteiger partial charge < -0.3 is 19.4 Å². The van der Waals surface area contributed by atoms with Crippen molar-refractivity contribution in [1.82, 2.24) is 14.8 Å². The number of thioether (sulfide) groups is 1. The predicted molar refractivity (Wildman–Crippen MR) is 128 cm³/mol. The zero-order valence-corrected chi connectivity index (χ0v) is 20.5. The number of nitrogens with zero attached hydrogens (tertiary/aromatic N) is 3. The maximum absolute atomic E-state index is 12.4. The molecule has 0 fully saturated rings. The van der Waals surface area contributed by atoms with Gasteiger partial charge in [-0.25, -0.2) is 0 Å². The molecule has 0 bridgehead atoms. The standard InChI is InChI=1S/C22H24Cl2N4O3S/c1-13(2)28-21(14(3)31-17-8-6-16(30-4)7-9-17)26-27-22(28)32-12-20(29)25-19-10-5-15(23)11-18(19)24/h5-11,13-14H,12H2,1-4H3,(H,25,29). The van der Waals surface area contributed by atoms with Crippen LogP contribution in [0.1, 0.15) is 38.7 Å². The lowest BCUT2D eigenvalue weighted by Gasteiger charge is -2.19. The molecule has 0 radical (unpaired) electrons. The molecule has 3 aromatic rings. The van der Waals surface area contributed by atoms with E-state index in [4.69, 9.17) is 32.7 Å². The van der Waals surface area contributed by atoms with E-state index in [-0.39, 0.29) is 23.8 Å². The molecular weight excluding hydrogens is 471 g/mol. The van der Waals surface area contributed by atoms with Gasteiger partial charge in [-0.05, 0) is 63.2 Å². The van der Waals surface area contributed by atoms with Crippen LogP contribution in [0, 0.1) is 0 Å². The van der Waals surface area contributed by atoms with Gasteiger partial charge in [0.05, 0.1) is 23.6 Å². The molecule has 1 heterocycles.